The Kier molecular flexibility index (Phi) is 8.61. The molecular formula is C21H23Cl3N2O2. The lowest BCUT2D eigenvalue weighted by atomic mass is 10.1. The Balaban J connectivity index is 2.20. The molecule has 2 aromatic rings. The van der Waals surface area contributed by atoms with E-state index in [9.17, 15) is 9.59 Å². The van der Waals surface area contributed by atoms with Gasteiger partial charge in [-0.3, -0.25) is 9.59 Å². The van der Waals surface area contributed by atoms with Crippen LogP contribution in [-0.4, -0.2) is 29.3 Å². The summed E-state index contributed by atoms with van der Waals surface area (Å²) in [5.74, 6) is -0.358. The van der Waals surface area contributed by atoms with Crippen molar-refractivity contribution in [1.82, 2.24) is 10.2 Å². The summed E-state index contributed by atoms with van der Waals surface area (Å²) in [6.45, 7) is 4.26. The van der Waals surface area contributed by atoms with Gasteiger partial charge in [0, 0.05) is 34.6 Å². The highest BCUT2D eigenvalue weighted by Crippen LogP contribution is 2.24. The van der Waals surface area contributed by atoms with E-state index >= 15 is 0 Å². The van der Waals surface area contributed by atoms with E-state index in [0.717, 1.165) is 11.1 Å². The summed E-state index contributed by atoms with van der Waals surface area (Å²) in [7, 11) is 0. The lowest BCUT2D eigenvalue weighted by molar-refractivity contribution is -0.140. The largest absolute Gasteiger partial charge is 0.355 e. The maximum atomic E-state index is 13.0. The Morgan fingerprint density at radius 2 is 1.75 bits per heavy atom. The third-order valence-corrected chi connectivity index (χ3v) is 5.40. The molecule has 0 spiro atoms. The molecule has 7 heteroatoms. The van der Waals surface area contributed by atoms with Crippen LogP contribution in [0.25, 0.3) is 0 Å². The number of halogens is 3. The molecular weight excluding hydrogens is 419 g/mol. The number of nitrogens with one attached hydrogen (secondary N) is 1. The van der Waals surface area contributed by atoms with Gasteiger partial charge in [-0.1, -0.05) is 59.1 Å². The summed E-state index contributed by atoms with van der Waals surface area (Å²) in [5, 5.41) is 4.36. The van der Waals surface area contributed by atoms with E-state index in [-0.39, 0.29) is 24.8 Å². The Labute approximate surface area is 180 Å². The van der Waals surface area contributed by atoms with Gasteiger partial charge in [0.25, 0.3) is 0 Å². The van der Waals surface area contributed by atoms with Gasteiger partial charge in [0.15, 0.2) is 0 Å². The van der Waals surface area contributed by atoms with Gasteiger partial charge in [0.1, 0.15) is 6.04 Å². The molecule has 1 atom stereocenters. The van der Waals surface area contributed by atoms with E-state index in [1.165, 1.54) is 4.90 Å². The molecule has 0 fully saturated rings. The molecule has 150 valence electrons. The van der Waals surface area contributed by atoms with E-state index in [2.05, 4.69) is 5.32 Å². The highest BCUT2D eigenvalue weighted by atomic mass is 35.5. The molecule has 0 saturated carbocycles. The van der Waals surface area contributed by atoms with E-state index < -0.39 is 6.04 Å². The summed E-state index contributed by atoms with van der Waals surface area (Å²) in [6.07, 6.45) is 0.726. The van der Waals surface area contributed by atoms with Crippen LogP contribution in [0.2, 0.25) is 15.1 Å². The van der Waals surface area contributed by atoms with Crippen molar-refractivity contribution in [3.8, 4) is 0 Å². The lowest BCUT2D eigenvalue weighted by Gasteiger charge is -2.29. The smallest absolute Gasteiger partial charge is 0.242 e. The fraction of sp³-hybridized carbons (Fsp3) is 0.333. The first-order valence-corrected chi connectivity index (χ1v) is 10.2. The molecule has 0 radical (unpaired) electrons. The maximum Gasteiger partial charge on any atom is 0.242 e. The normalized spacial score (nSPS) is 11.8. The number of likely N-dealkylation sites (N-methyl/N-ethyl adjacent to an activating group) is 1. The molecule has 0 aliphatic heterocycles. The topological polar surface area (TPSA) is 49.4 Å². The Morgan fingerprint density at radius 3 is 2.39 bits per heavy atom. The molecule has 0 unspecified atom stereocenters. The maximum absolute atomic E-state index is 13.0. The first-order valence-electron chi connectivity index (χ1n) is 9.08. The van der Waals surface area contributed by atoms with Crippen molar-refractivity contribution in [2.24, 2.45) is 0 Å². The Bertz CT molecular complexity index is 842. The standard InChI is InChI=1S/C21H23Cl3N2O2/c1-3-25-21(28)14(2)26(13-16-8-10-17(22)12-19(16)24)20(27)11-9-15-6-4-5-7-18(15)23/h4-8,10,12,14H,3,9,11,13H2,1-2H3,(H,25,28)/t14-/m1/s1. The molecule has 2 amide bonds. The van der Waals surface area contributed by atoms with Gasteiger partial charge in [-0.05, 0) is 49.6 Å². The zero-order valence-corrected chi connectivity index (χ0v) is 18.1. The second kappa shape index (κ2) is 10.7. The van der Waals surface area contributed by atoms with Crippen molar-refractivity contribution >= 4 is 46.6 Å². The molecule has 0 saturated heterocycles. The van der Waals surface area contributed by atoms with Crippen molar-refractivity contribution in [2.45, 2.75) is 39.3 Å². The van der Waals surface area contributed by atoms with Crippen LogP contribution in [0.15, 0.2) is 42.5 Å². The summed E-state index contributed by atoms with van der Waals surface area (Å²) in [5.41, 5.74) is 1.63. The second-order valence-corrected chi connectivity index (χ2v) is 7.67. The fourth-order valence-corrected chi connectivity index (χ4v) is 3.52. The molecule has 0 aliphatic rings. The van der Waals surface area contributed by atoms with Gasteiger partial charge in [0.05, 0.1) is 0 Å². The predicted octanol–water partition coefficient (Wildman–Crippen LogP) is 5.13. The summed E-state index contributed by atoms with van der Waals surface area (Å²) in [4.78, 5) is 26.9. The summed E-state index contributed by atoms with van der Waals surface area (Å²) < 4.78 is 0. The third kappa shape index (κ3) is 6.13. The molecule has 2 aromatic carbocycles. The van der Waals surface area contributed by atoms with Crippen LogP contribution in [0, 0.1) is 0 Å². The lowest BCUT2D eigenvalue weighted by Crippen LogP contribution is -2.47. The van der Waals surface area contributed by atoms with Gasteiger partial charge >= 0.3 is 0 Å². The van der Waals surface area contributed by atoms with Crippen LogP contribution in [0.5, 0.6) is 0 Å². The third-order valence-electron chi connectivity index (χ3n) is 4.44. The molecule has 28 heavy (non-hydrogen) atoms. The molecule has 0 aromatic heterocycles. The highest BCUT2D eigenvalue weighted by molar-refractivity contribution is 6.35. The SMILES string of the molecule is CCNC(=O)[C@@H](C)N(Cc1ccc(Cl)cc1Cl)C(=O)CCc1ccccc1Cl. The van der Waals surface area contributed by atoms with Crippen LogP contribution in [0.4, 0.5) is 0 Å². The van der Waals surface area contributed by atoms with Gasteiger partial charge in [-0.2, -0.15) is 0 Å². The van der Waals surface area contributed by atoms with Crippen LogP contribution < -0.4 is 5.32 Å². The van der Waals surface area contributed by atoms with E-state index in [0.29, 0.717) is 28.0 Å². The van der Waals surface area contributed by atoms with Gasteiger partial charge in [-0.25, -0.2) is 0 Å². The van der Waals surface area contributed by atoms with Gasteiger partial charge < -0.3 is 10.2 Å². The molecule has 4 nitrogen and oxygen atoms in total. The van der Waals surface area contributed by atoms with Crippen molar-refractivity contribution in [1.29, 1.82) is 0 Å². The molecule has 0 bridgehead atoms. The Hall–Kier alpha value is -1.75. The summed E-state index contributed by atoms with van der Waals surface area (Å²) in [6, 6.07) is 11.9. The minimum absolute atomic E-state index is 0.148. The molecule has 2 rings (SSSR count). The minimum atomic E-state index is -0.634. The quantitative estimate of drug-likeness (QED) is 0.617. The Morgan fingerprint density at radius 1 is 1.04 bits per heavy atom. The first kappa shape index (κ1) is 22.5. The number of benzene rings is 2. The second-order valence-electron chi connectivity index (χ2n) is 6.42. The molecule has 0 heterocycles. The van der Waals surface area contributed by atoms with E-state index in [4.69, 9.17) is 34.8 Å². The predicted molar refractivity (Wildman–Crippen MR) is 115 cm³/mol. The number of hydrogen-bond donors (Lipinski definition) is 1. The van der Waals surface area contributed by atoms with Crippen molar-refractivity contribution in [3.05, 3.63) is 68.7 Å². The number of rotatable bonds is 8. The van der Waals surface area contributed by atoms with Crippen molar-refractivity contribution in [3.63, 3.8) is 0 Å². The number of aryl methyl sites for hydroxylation is 1. The van der Waals surface area contributed by atoms with Crippen LogP contribution in [0.3, 0.4) is 0 Å². The van der Waals surface area contributed by atoms with Crippen molar-refractivity contribution < 1.29 is 9.59 Å². The highest BCUT2D eigenvalue weighted by Gasteiger charge is 2.26. The number of hydrogen-bond acceptors (Lipinski definition) is 2. The van der Waals surface area contributed by atoms with Gasteiger partial charge in [-0.15, -0.1) is 0 Å². The van der Waals surface area contributed by atoms with Gasteiger partial charge in [0.2, 0.25) is 11.8 Å². The zero-order valence-electron chi connectivity index (χ0n) is 15.8. The number of nitrogens with zero attached hydrogens (tertiary/aromatic N) is 1. The van der Waals surface area contributed by atoms with E-state index in [1.807, 2.05) is 25.1 Å². The fourth-order valence-electron chi connectivity index (χ4n) is 2.82. The minimum Gasteiger partial charge on any atom is -0.355 e. The number of carbonyl (C=O) groups is 2. The molecule has 1 N–H and O–H groups in total. The summed E-state index contributed by atoms with van der Waals surface area (Å²) >= 11 is 18.4. The van der Waals surface area contributed by atoms with Crippen LogP contribution in [0.1, 0.15) is 31.4 Å². The average molecular weight is 442 g/mol. The monoisotopic (exact) mass is 440 g/mol. The average Bonchev–Trinajstić information content (AvgIpc) is 2.66. The van der Waals surface area contributed by atoms with Crippen LogP contribution in [-0.2, 0) is 22.6 Å². The zero-order chi connectivity index (χ0) is 20.7. The number of carbonyl (C=O) groups excluding carboxylic acids is 2. The molecule has 0 aliphatic carbocycles. The first-order chi connectivity index (χ1) is 13.3. The van der Waals surface area contributed by atoms with Crippen molar-refractivity contribution in [2.75, 3.05) is 6.54 Å². The van der Waals surface area contributed by atoms with Crippen LogP contribution >= 0.6 is 34.8 Å². The number of amides is 2. The van der Waals surface area contributed by atoms with E-state index in [1.54, 1.807) is 31.2 Å².